The molecule has 2 unspecified atom stereocenters. The summed E-state index contributed by atoms with van der Waals surface area (Å²) < 4.78 is 5.42. The predicted octanol–water partition coefficient (Wildman–Crippen LogP) is 2.57. The van der Waals surface area contributed by atoms with E-state index in [2.05, 4.69) is 6.07 Å². The lowest BCUT2D eigenvalue weighted by atomic mass is 9.98. The molecule has 0 bridgehead atoms. The molecule has 4 heteroatoms. The molecule has 0 amide bonds. The number of thiophene rings is 1. The molecule has 2 aliphatic heterocycles. The molecule has 0 radical (unpaired) electrons. The Bertz CT molecular complexity index is 348. The van der Waals surface area contributed by atoms with Crippen LogP contribution < -0.4 is 5.73 Å². The van der Waals surface area contributed by atoms with Crippen LogP contribution in [0.4, 0.5) is 0 Å². The van der Waals surface area contributed by atoms with Gasteiger partial charge in [-0.15, -0.1) is 11.3 Å². The molecule has 0 spiro atoms. The van der Waals surface area contributed by atoms with Crippen molar-refractivity contribution >= 4 is 23.1 Å². The molecule has 2 atom stereocenters. The van der Waals surface area contributed by atoms with Gasteiger partial charge in [0.25, 0.3) is 0 Å². The molecular formula is C12H17NOS2. The van der Waals surface area contributed by atoms with Crippen molar-refractivity contribution in [3.63, 3.8) is 0 Å². The highest BCUT2D eigenvalue weighted by Crippen LogP contribution is 2.37. The summed E-state index contributed by atoms with van der Waals surface area (Å²) in [7, 11) is 0. The van der Waals surface area contributed by atoms with Gasteiger partial charge in [0.1, 0.15) is 0 Å². The zero-order valence-electron chi connectivity index (χ0n) is 9.28. The molecule has 16 heavy (non-hydrogen) atoms. The van der Waals surface area contributed by atoms with E-state index in [-0.39, 0.29) is 6.04 Å². The highest BCUT2D eigenvalue weighted by molar-refractivity contribution is 7.98. The first kappa shape index (κ1) is 11.1. The number of thioether (sulfide) groups is 1. The lowest BCUT2D eigenvalue weighted by molar-refractivity contribution is 0.181. The Labute approximate surface area is 105 Å². The number of nitrogens with two attached hydrogens (primary N) is 1. The average Bonchev–Trinajstić information content (AvgIpc) is 2.97. The van der Waals surface area contributed by atoms with Crippen LogP contribution in [-0.2, 0) is 16.9 Å². The van der Waals surface area contributed by atoms with E-state index < -0.39 is 0 Å². The second-order valence-corrected chi connectivity index (χ2v) is 6.82. The van der Waals surface area contributed by atoms with E-state index in [1.165, 1.54) is 28.4 Å². The van der Waals surface area contributed by atoms with Crippen LogP contribution >= 0.6 is 23.1 Å². The molecule has 1 fully saturated rings. The van der Waals surface area contributed by atoms with Gasteiger partial charge in [-0.05, 0) is 30.2 Å². The van der Waals surface area contributed by atoms with Gasteiger partial charge in [-0.25, -0.2) is 0 Å². The zero-order chi connectivity index (χ0) is 11.0. The predicted molar refractivity (Wildman–Crippen MR) is 70.0 cm³/mol. The van der Waals surface area contributed by atoms with Crippen molar-refractivity contribution in [1.82, 2.24) is 0 Å². The molecular weight excluding hydrogens is 238 g/mol. The van der Waals surface area contributed by atoms with Gasteiger partial charge in [-0.2, -0.15) is 11.8 Å². The molecule has 0 aliphatic carbocycles. The largest absolute Gasteiger partial charge is 0.381 e. The number of hydrogen-bond acceptors (Lipinski definition) is 4. The van der Waals surface area contributed by atoms with Gasteiger partial charge >= 0.3 is 0 Å². The van der Waals surface area contributed by atoms with Crippen LogP contribution in [0.2, 0.25) is 0 Å². The first-order chi connectivity index (χ1) is 7.84. The minimum absolute atomic E-state index is 0.197. The van der Waals surface area contributed by atoms with Crippen molar-refractivity contribution in [2.45, 2.75) is 24.6 Å². The summed E-state index contributed by atoms with van der Waals surface area (Å²) in [5.41, 5.74) is 7.87. The van der Waals surface area contributed by atoms with E-state index in [1.54, 1.807) is 4.88 Å². The van der Waals surface area contributed by atoms with Gasteiger partial charge < -0.3 is 10.5 Å². The lowest BCUT2D eigenvalue weighted by Crippen LogP contribution is -2.20. The van der Waals surface area contributed by atoms with Crippen LogP contribution in [0, 0.1) is 5.92 Å². The molecule has 0 saturated carbocycles. The summed E-state index contributed by atoms with van der Waals surface area (Å²) in [6, 6.07) is 2.54. The summed E-state index contributed by atoms with van der Waals surface area (Å²) in [6.07, 6.45) is 2.36. The van der Waals surface area contributed by atoms with Gasteiger partial charge in [0.15, 0.2) is 0 Å². The van der Waals surface area contributed by atoms with Crippen LogP contribution in [-0.4, -0.2) is 19.0 Å². The van der Waals surface area contributed by atoms with E-state index >= 15 is 0 Å². The van der Waals surface area contributed by atoms with E-state index in [9.17, 15) is 0 Å². The minimum atomic E-state index is 0.197. The maximum absolute atomic E-state index is 6.34. The van der Waals surface area contributed by atoms with Crippen LogP contribution in [0.25, 0.3) is 0 Å². The maximum atomic E-state index is 6.34. The molecule has 1 saturated heterocycles. The van der Waals surface area contributed by atoms with Crippen molar-refractivity contribution in [2.24, 2.45) is 11.7 Å². The quantitative estimate of drug-likeness (QED) is 0.882. The van der Waals surface area contributed by atoms with Crippen LogP contribution in [0.5, 0.6) is 0 Å². The molecule has 1 aromatic rings. The Hall–Kier alpha value is -0.0300. The van der Waals surface area contributed by atoms with Gasteiger partial charge in [-0.1, -0.05) is 0 Å². The number of aryl methyl sites for hydroxylation is 1. The topological polar surface area (TPSA) is 35.2 Å². The number of rotatable bonds is 2. The van der Waals surface area contributed by atoms with Gasteiger partial charge in [-0.3, -0.25) is 0 Å². The summed E-state index contributed by atoms with van der Waals surface area (Å²) in [5, 5.41) is 0. The molecule has 0 aromatic carbocycles. The standard InChI is InChI=1S/C12H17NOS2/c13-12(8-1-3-14-6-8)11-5-9-7-15-4-2-10(9)16-11/h5,8,12H,1-4,6-7,13H2. The molecule has 1 aromatic heterocycles. The third-order valence-corrected chi connectivity index (χ3v) is 5.79. The first-order valence-corrected chi connectivity index (χ1v) is 7.84. The number of hydrogen-bond donors (Lipinski definition) is 1. The molecule has 3 rings (SSSR count). The highest BCUT2D eigenvalue weighted by Gasteiger charge is 2.26. The molecule has 2 nitrogen and oxygen atoms in total. The first-order valence-electron chi connectivity index (χ1n) is 5.87. The Morgan fingerprint density at radius 2 is 2.44 bits per heavy atom. The second kappa shape index (κ2) is 4.69. The minimum Gasteiger partial charge on any atom is -0.381 e. The van der Waals surface area contributed by atoms with Crippen LogP contribution in [0.3, 0.4) is 0 Å². The second-order valence-electron chi connectivity index (χ2n) is 4.55. The van der Waals surface area contributed by atoms with Gasteiger partial charge in [0, 0.05) is 34.1 Å². The zero-order valence-corrected chi connectivity index (χ0v) is 10.9. The Balaban J connectivity index is 1.80. The maximum Gasteiger partial charge on any atom is 0.0513 e. The van der Waals surface area contributed by atoms with Crippen molar-refractivity contribution in [2.75, 3.05) is 19.0 Å². The van der Waals surface area contributed by atoms with Crippen LogP contribution in [0.15, 0.2) is 6.07 Å². The van der Waals surface area contributed by atoms with Crippen molar-refractivity contribution < 1.29 is 4.74 Å². The Morgan fingerprint density at radius 1 is 1.50 bits per heavy atom. The molecule has 2 N–H and O–H groups in total. The van der Waals surface area contributed by atoms with Crippen molar-refractivity contribution in [3.05, 3.63) is 21.4 Å². The number of ether oxygens (including phenoxy) is 1. The summed E-state index contributed by atoms with van der Waals surface area (Å²) >= 11 is 3.97. The fourth-order valence-electron chi connectivity index (χ4n) is 2.40. The normalized spacial score (nSPS) is 26.7. The summed E-state index contributed by atoms with van der Waals surface area (Å²) in [5.74, 6) is 2.99. The SMILES string of the molecule is NC(c1cc2c(s1)CCSC2)C1CCOC1. The third-order valence-electron chi connectivity index (χ3n) is 3.45. The fourth-order valence-corrected chi connectivity index (χ4v) is 4.87. The summed E-state index contributed by atoms with van der Waals surface area (Å²) in [4.78, 5) is 2.95. The third kappa shape index (κ3) is 2.04. The smallest absolute Gasteiger partial charge is 0.0513 e. The van der Waals surface area contributed by atoms with E-state index in [0.29, 0.717) is 5.92 Å². The van der Waals surface area contributed by atoms with Crippen molar-refractivity contribution in [1.29, 1.82) is 0 Å². The number of fused-ring (bicyclic) bond motifs is 1. The van der Waals surface area contributed by atoms with E-state index in [4.69, 9.17) is 10.5 Å². The summed E-state index contributed by atoms with van der Waals surface area (Å²) in [6.45, 7) is 1.73. The molecule has 2 aliphatic rings. The van der Waals surface area contributed by atoms with Gasteiger partial charge in [0.2, 0.25) is 0 Å². The average molecular weight is 255 g/mol. The lowest BCUT2D eigenvalue weighted by Gasteiger charge is -2.15. The monoisotopic (exact) mass is 255 g/mol. The highest BCUT2D eigenvalue weighted by atomic mass is 32.2. The Kier molecular flexibility index (Phi) is 3.25. The fraction of sp³-hybridized carbons (Fsp3) is 0.667. The van der Waals surface area contributed by atoms with E-state index in [1.807, 2.05) is 23.1 Å². The van der Waals surface area contributed by atoms with E-state index in [0.717, 1.165) is 19.6 Å². The molecule has 3 heterocycles. The van der Waals surface area contributed by atoms with Gasteiger partial charge in [0.05, 0.1) is 6.61 Å². The van der Waals surface area contributed by atoms with Crippen LogP contribution in [0.1, 0.15) is 27.8 Å². The Morgan fingerprint density at radius 3 is 3.19 bits per heavy atom. The van der Waals surface area contributed by atoms with Crippen molar-refractivity contribution in [3.8, 4) is 0 Å². The molecule has 88 valence electrons.